The summed E-state index contributed by atoms with van der Waals surface area (Å²) in [4.78, 5) is 21.2. The fourth-order valence-electron chi connectivity index (χ4n) is 3.41. The van der Waals surface area contributed by atoms with E-state index in [1.54, 1.807) is 48.8 Å². The summed E-state index contributed by atoms with van der Waals surface area (Å²) in [5, 5.41) is 5.64. The van der Waals surface area contributed by atoms with E-state index in [1.807, 2.05) is 42.5 Å². The standard InChI is InChI=1S/C28H28N4O3/c1-28(2,3)23-10-4-5-12-25(23)35-26-24(11-8-18-30-26)32-27(33)31-20-13-15-22(16-14-20)34-19-21-9-6-7-17-29-21/h4-18H,19H2,1-3H3,(H2,31,32,33). The fraction of sp³-hybridized carbons (Fsp3) is 0.179. The summed E-state index contributed by atoms with van der Waals surface area (Å²) in [7, 11) is 0. The monoisotopic (exact) mass is 468 g/mol. The number of pyridine rings is 2. The van der Waals surface area contributed by atoms with Gasteiger partial charge in [0.2, 0.25) is 5.88 Å². The summed E-state index contributed by atoms with van der Waals surface area (Å²) in [5.41, 5.74) is 2.87. The zero-order valence-electron chi connectivity index (χ0n) is 20.0. The molecule has 7 nitrogen and oxygen atoms in total. The Morgan fingerprint density at radius 2 is 1.57 bits per heavy atom. The Labute approximate surface area is 205 Å². The van der Waals surface area contributed by atoms with Gasteiger partial charge in [-0.05, 0) is 60.0 Å². The van der Waals surface area contributed by atoms with Crippen LogP contribution in [0.5, 0.6) is 17.4 Å². The van der Waals surface area contributed by atoms with Crippen LogP contribution < -0.4 is 20.1 Å². The highest BCUT2D eigenvalue weighted by atomic mass is 16.5. The average molecular weight is 469 g/mol. The van der Waals surface area contributed by atoms with E-state index in [9.17, 15) is 4.79 Å². The molecule has 2 aromatic heterocycles. The minimum Gasteiger partial charge on any atom is -0.487 e. The quantitative estimate of drug-likeness (QED) is 0.312. The summed E-state index contributed by atoms with van der Waals surface area (Å²) in [6.45, 7) is 6.73. The second-order valence-corrected chi connectivity index (χ2v) is 8.92. The van der Waals surface area contributed by atoms with Crippen molar-refractivity contribution in [3.63, 3.8) is 0 Å². The summed E-state index contributed by atoms with van der Waals surface area (Å²) < 4.78 is 11.9. The van der Waals surface area contributed by atoms with Crippen LogP contribution in [0.1, 0.15) is 32.0 Å². The first-order valence-electron chi connectivity index (χ1n) is 11.3. The van der Waals surface area contributed by atoms with Crippen LogP contribution in [0.4, 0.5) is 16.2 Å². The molecule has 2 amide bonds. The Balaban J connectivity index is 1.39. The normalized spacial score (nSPS) is 10.9. The van der Waals surface area contributed by atoms with E-state index in [1.165, 1.54) is 0 Å². The first kappa shape index (κ1) is 23.8. The van der Waals surface area contributed by atoms with Gasteiger partial charge in [0.15, 0.2) is 0 Å². The molecule has 0 spiro atoms. The third-order valence-electron chi connectivity index (χ3n) is 5.15. The molecule has 178 valence electrons. The van der Waals surface area contributed by atoms with Crippen molar-refractivity contribution < 1.29 is 14.3 Å². The molecule has 0 radical (unpaired) electrons. The molecule has 2 heterocycles. The van der Waals surface area contributed by atoms with Crippen LogP contribution in [0.2, 0.25) is 0 Å². The molecule has 2 aromatic carbocycles. The number of carbonyl (C=O) groups is 1. The molecule has 0 aliphatic heterocycles. The van der Waals surface area contributed by atoms with Crippen LogP contribution in [0, 0.1) is 0 Å². The van der Waals surface area contributed by atoms with Crippen LogP contribution in [-0.4, -0.2) is 16.0 Å². The Morgan fingerprint density at radius 1 is 0.829 bits per heavy atom. The van der Waals surface area contributed by atoms with E-state index in [0.29, 0.717) is 35.4 Å². The first-order valence-corrected chi connectivity index (χ1v) is 11.3. The highest BCUT2D eigenvalue weighted by Crippen LogP contribution is 2.35. The summed E-state index contributed by atoms with van der Waals surface area (Å²) in [5.74, 6) is 1.70. The number of amides is 2. The Hall–Kier alpha value is -4.39. The molecular formula is C28H28N4O3. The van der Waals surface area contributed by atoms with Crippen molar-refractivity contribution in [1.29, 1.82) is 0 Å². The number of hydrogen-bond donors (Lipinski definition) is 2. The van der Waals surface area contributed by atoms with E-state index in [-0.39, 0.29) is 5.41 Å². The summed E-state index contributed by atoms with van der Waals surface area (Å²) >= 11 is 0. The molecule has 0 aliphatic rings. The summed E-state index contributed by atoms with van der Waals surface area (Å²) in [6.07, 6.45) is 3.36. The van der Waals surface area contributed by atoms with Gasteiger partial charge in [-0.25, -0.2) is 9.78 Å². The molecule has 0 bridgehead atoms. The highest BCUT2D eigenvalue weighted by molar-refractivity contribution is 6.00. The SMILES string of the molecule is CC(C)(C)c1ccccc1Oc1ncccc1NC(=O)Nc1ccc(OCc2ccccn2)cc1. The molecule has 0 unspecified atom stereocenters. The van der Waals surface area contributed by atoms with E-state index in [4.69, 9.17) is 9.47 Å². The molecule has 2 N–H and O–H groups in total. The topological polar surface area (TPSA) is 85.4 Å². The Morgan fingerprint density at radius 3 is 2.31 bits per heavy atom. The van der Waals surface area contributed by atoms with Crippen molar-refractivity contribution in [2.75, 3.05) is 10.6 Å². The number of benzene rings is 2. The lowest BCUT2D eigenvalue weighted by molar-refractivity contribution is 0.262. The molecule has 0 atom stereocenters. The van der Waals surface area contributed by atoms with Gasteiger partial charge in [-0.1, -0.05) is 45.0 Å². The van der Waals surface area contributed by atoms with Crippen LogP contribution >= 0.6 is 0 Å². The highest BCUT2D eigenvalue weighted by Gasteiger charge is 2.20. The van der Waals surface area contributed by atoms with Gasteiger partial charge in [0.1, 0.15) is 23.8 Å². The zero-order chi connectivity index (χ0) is 24.7. The van der Waals surface area contributed by atoms with Crippen molar-refractivity contribution in [2.45, 2.75) is 32.8 Å². The van der Waals surface area contributed by atoms with Gasteiger partial charge in [0.25, 0.3) is 0 Å². The second kappa shape index (κ2) is 10.7. The molecule has 4 rings (SSSR count). The number of carbonyl (C=O) groups excluding carboxylic acids is 1. The molecule has 0 saturated carbocycles. The Bertz CT molecular complexity index is 1270. The zero-order valence-corrected chi connectivity index (χ0v) is 20.0. The number of nitrogens with one attached hydrogen (secondary N) is 2. The van der Waals surface area contributed by atoms with E-state index in [2.05, 4.69) is 41.4 Å². The van der Waals surface area contributed by atoms with Gasteiger partial charge in [-0.3, -0.25) is 4.98 Å². The number of nitrogens with zero attached hydrogens (tertiary/aromatic N) is 2. The maximum atomic E-state index is 12.7. The van der Waals surface area contributed by atoms with Crippen molar-refractivity contribution in [1.82, 2.24) is 9.97 Å². The Kier molecular flexibility index (Phi) is 7.26. The third-order valence-corrected chi connectivity index (χ3v) is 5.15. The molecule has 0 fully saturated rings. The van der Waals surface area contributed by atoms with Crippen molar-refractivity contribution in [2.24, 2.45) is 0 Å². The predicted molar refractivity (Wildman–Crippen MR) is 137 cm³/mol. The lowest BCUT2D eigenvalue weighted by Gasteiger charge is -2.22. The number of anilines is 2. The number of rotatable bonds is 7. The second-order valence-electron chi connectivity index (χ2n) is 8.92. The smallest absolute Gasteiger partial charge is 0.323 e. The van der Waals surface area contributed by atoms with Gasteiger partial charge < -0.3 is 20.1 Å². The average Bonchev–Trinajstić information content (AvgIpc) is 2.85. The van der Waals surface area contributed by atoms with Crippen LogP contribution in [0.3, 0.4) is 0 Å². The van der Waals surface area contributed by atoms with E-state index in [0.717, 1.165) is 11.3 Å². The molecule has 0 saturated heterocycles. The lowest BCUT2D eigenvalue weighted by atomic mass is 9.86. The minimum atomic E-state index is -0.408. The van der Waals surface area contributed by atoms with E-state index < -0.39 is 6.03 Å². The summed E-state index contributed by atoms with van der Waals surface area (Å²) in [6, 6.07) is 23.7. The number of urea groups is 1. The molecular weight excluding hydrogens is 440 g/mol. The van der Waals surface area contributed by atoms with Crippen LogP contribution in [0.15, 0.2) is 91.3 Å². The maximum Gasteiger partial charge on any atom is 0.323 e. The molecule has 4 aromatic rings. The van der Waals surface area contributed by atoms with Gasteiger partial charge in [0, 0.05) is 23.6 Å². The first-order chi connectivity index (χ1) is 16.9. The number of ether oxygens (including phenoxy) is 2. The predicted octanol–water partition coefficient (Wildman–Crippen LogP) is 6.79. The number of aromatic nitrogens is 2. The molecule has 0 aliphatic carbocycles. The molecule has 35 heavy (non-hydrogen) atoms. The van der Waals surface area contributed by atoms with Crippen molar-refractivity contribution in [3.05, 3.63) is 103 Å². The van der Waals surface area contributed by atoms with Gasteiger partial charge >= 0.3 is 6.03 Å². The molecule has 7 heteroatoms. The van der Waals surface area contributed by atoms with Gasteiger partial charge in [0.05, 0.1) is 5.69 Å². The van der Waals surface area contributed by atoms with E-state index >= 15 is 0 Å². The van der Waals surface area contributed by atoms with Gasteiger partial charge in [-0.2, -0.15) is 0 Å². The van der Waals surface area contributed by atoms with Crippen molar-refractivity contribution >= 4 is 17.4 Å². The lowest BCUT2D eigenvalue weighted by Crippen LogP contribution is -2.20. The largest absolute Gasteiger partial charge is 0.487 e. The third kappa shape index (κ3) is 6.57. The van der Waals surface area contributed by atoms with Crippen LogP contribution in [-0.2, 0) is 12.0 Å². The maximum absolute atomic E-state index is 12.7. The number of hydrogen-bond acceptors (Lipinski definition) is 5. The number of para-hydroxylation sites is 1. The van der Waals surface area contributed by atoms with Crippen molar-refractivity contribution in [3.8, 4) is 17.4 Å². The minimum absolute atomic E-state index is 0.107. The van der Waals surface area contributed by atoms with Crippen LogP contribution in [0.25, 0.3) is 0 Å². The fourth-order valence-corrected chi connectivity index (χ4v) is 3.41. The van der Waals surface area contributed by atoms with Gasteiger partial charge in [-0.15, -0.1) is 0 Å².